The summed E-state index contributed by atoms with van der Waals surface area (Å²) in [5.74, 6) is -1.30. The molecule has 106 valence electrons. The lowest BCUT2D eigenvalue weighted by Crippen LogP contribution is -2.48. The van der Waals surface area contributed by atoms with Crippen LogP contribution in [0.2, 0.25) is 0 Å². The largest absolute Gasteiger partial charge is 0.480 e. The molecule has 1 fully saturated rings. The van der Waals surface area contributed by atoms with Crippen molar-refractivity contribution in [3.63, 3.8) is 0 Å². The second-order valence-electron chi connectivity index (χ2n) is 5.12. The average Bonchev–Trinajstić information content (AvgIpc) is 2.36. The highest BCUT2D eigenvalue weighted by atomic mass is 32.2. The van der Waals surface area contributed by atoms with E-state index in [-0.39, 0.29) is 5.92 Å². The van der Waals surface area contributed by atoms with Gasteiger partial charge in [-0.15, -0.1) is 0 Å². The summed E-state index contributed by atoms with van der Waals surface area (Å²) in [5, 5.41) is 8.69. The molecule has 0 aromatic carbocycles. The van der Waals surface area contributed by atoms with Gasteiger partial charge in [0, 0.05) is 0 Å². The molecule has 0 amide bonds. The minimum atomic E-state index is -3.51. The third-order valence-electron chi connectivity index (χ3n) is 3.76. The van der Waals surface area contributed by atoms with Gasteiger partial charge in [-0.25, -0.2) is 13.1 Å². The molecule has 6 heteroatoms. The van der Waals surface area contributed by atoms with E-state index in [1.807, 2.05) is 6.92 Å². The standard InChI is InChI=1S/C12H23NO4S/c1-3-9(2)11(12(14)15)13-18(16,17)10-7-5-4-6-8-10/h9-11,13H,3-8H2,1-2H3,(H,14,15)/t9-,11-/m0/s1. The van der Waals surface area contributed by atoms with E-state index in [4.69, 9.17) is 5.11 Å². The van der Waals surface area contributed by atoms with Crippen LogP contribution in [0.3, 0.4) is 0 Å². The lowest BCUT2D eigenvalue weighted by molar-refractivity contribution is -0.140. The first-order chi connectivity index (χ1) is 8.38. The number of carboxylic acids is 1. The lowest BCUT2D eigenvalue weighted by Gasteiger charge is -2.26. The molecular formula is C12H23NO4S. The van der Waals surface area contributed by atoms with Gasteiger partial charge in [-0.3, -0.25) is 4.79 Å². The van der Waals surface area contributed by atoms with E-state index in [0.29, 0.717) is 19.3 Å². The Morgan fingerprint density at radius 1 is 1.33 bits per heavy atom. The smallest absolute Gasteiger partial charge is 0.322 e. The number of rotatable bonds is 6. The van der Waals surface area contributed by atoms with Gasteiger partial charge in [-0.1, -0.05) is 39.5 Å². The van der Waals surface area contributed by atoms with E-state index in [1.54, 1.807) is 6.92 Å². The van der Waals surface area contributed by atoms with Crippen molar-refractivity contribution < 1.29 is 18.3 Å². The zero-order valence-corrected chi connectivity index (χ0v) is 11.9. The third-order valence-corrected chi connectivity index (χ3v) is 5.69. The van der Waals surface area contributed by atoms with Gasteiger partial charge in [0.15, 0.2) is 0 Å². The molecule has 1 aliphatic carbocycles. The van der Waals surface area contributed by atoms with Crippen molar-refractivity contribution in [1.29, 1.82) is 0 Å². The van der Waals surface area contributed by atoms with Crippen LogP contribution in [0.15, 0.2) is 0 Å². The fourth-order valence-corrected chi connectivity index (χ4v) is 4.13. The SMILES string of the molecule is CC[C@H](C)[C@H](NS(=O)(=O)C1CCCCC1)C(=O)O. The van der Waals surface area contributed by atoms with Crippen molar-refractivity contribution >= 4 is 16.0 Å². The molecule has 0 aliphatic heterocycles. The summed E-state index contributed by atoms with van der Waals surface area (Å²) >= 11 is 0. The molecule has 2 atom stereocenters. The third kappa shape index (κ3) is 3.95. The van der Waals surface area contributed by atoms with Crippen LogP contribution in [0.5, 0.6) is 0 Å². The summed E-state index contributed by atoms with van der Waals surface area (Å²) in [6.07, 6.45) is 4.80. The van der Waals surface area contributed by atoms with Crippen molar-refractivity contribution in [2.24, 2.45) is 5.92 Å². The number of carbonyl (C=O) groups is 1. The molecule has 1 rings (SSSR count). The quantitative estimate of drug-likeness (QED) is 0.774. The number of aliphatic carboxylic acids is 1. The first-order valence-corrected chi connectivity index (χ1v) is 8.17. The number of hydrogen-bond acceptors (Lipinski definition) is 3. The Morgan fingerprint density at radius 3 is 2.33 bits per heavy atom. The maximum absolute atomic E-state index is 12.1. The van der Waals surface area contributed by atoms with E-state index < -0.39 is 27.3 Å². The van der Waals surface area contributed by atoms with Crippen molar-refractivity contribution in [3.8, 4) is 0 Å². The van der Waals surface area contributed by atoms with Crippen LogP contribution >= 0.6 is 0 Å². The molecule has 0 aromatic heterocycles. The van der Waals surface area contributed by atoms with Gasteiger partial charge in [0.25, 0.3) is 0 Å². The van der Waals surface area contributed by atoms with Gasteiger partial charge in [-0.05, 0) is 18.8 Å². The average molecular weight is 277 g/mol. The lowest BCUT2D eigenvalue weighted by atomic mass is 10.0. The maximum Gasteiger partial charge on any atom is 0.322 e. The molecule has 18 heavy (non-hydrogen) atoms. The summed E-state index contributed by atoms with van der Waals surface area (Å²) in [7, 11) is -3.51. The Bertz CT molecular complexity index is 374. The normalized spacial score (nSPS) is 21.4. The second kappa shape index (κ2) is 6.52. The van der Waals surface area contributed by atoms with Crippen LogP contribution in [-0.4, -0.2) is 30.8 Å². The Kier molecular flexibility index (Phi) is 5.59. The second-order valence-corrected chi connectivity index (χ2v) is 7.12. The minimum absolute atomic E-state index is 0.208. The van der Waals surface area contributed by atoms with E-state index in [1.165, 1.54) is 0 Å². The van der Waals surface area contributed by atoms with E-state index in [2.05, 4.69) is 4.72 Å². The van der Waals surface area contributed by atoms with Gasteiger partial charge in [0.1, 0.15) is 6.04 Å². The predicted molar refractivity (Wildman–Crippen MR) is 69.8 cm³/mol. The fraction of sp³-hybridized carbons (Fsp3) is 0.917. The number of sulfonamides is 1. The monoisotopic (exact) mass is 277 g/mol. The molecule has 0 saturated heterocycles. The van der Waals surface area contributed by atoms with E-state index >= 15 is 0 Å². The highest BCUT2D eigenvalue weighted by molar-refractivity contribution is 7.90. The zero-order chi connectivity index (χ0) is 13.8. The molecular weight excluding hydrogens is 254 g/mol. The van der Waals surface area contributed by atoms with Gasteiger partial charge in [-0.2, -0.15) is 0 Å². The molecule has 0 heterocycles. The van der Waals surface area contributed by atoms with Gasteiger partial charge >= 0.3 is 5.97 Å². The van der Waals surface area contributed by atoms with Crippen molar-refractivity contribution in [2.45, 2.75) is 63.7 Å². The van der Waals surface area contributed by atoms with E-state index in [0.717, 1.165) is 19.3 Å². The molecule has 1 aliphatic rings. The summed E-state index contributed by atoms with van der Waals surface area (Å²) in [5.41, 5.74) is 0. The molecule has 2 N–H and O–H groups in total. The summed E-state index contributed by atoms with van der Waals surface area (Å²) < 4.78 is 26.7. The van der Waals surface area contributed by atoms with Crippen molar-refractivity contribution in [1.82, 2.24) is 4.72 Å². The fourth-order valence-electron chi connectivity index (χ4n) is 2.29. The Morgan fingerprint density at radius 2 is 1.89 bits per heavy atom. The Balaban J connectivity index is 2.75. The highest BCUT2D eigenvalue weighted by Gasteiger charge is 2.33. The molecule has 0 aromatic rings. The maximum atomic E-state index is 12.1. The summed E-state index contributed by atoms with van der Waals surface area (Å²) in [4.78, 5) is 11.1. The van der Waals surface area contributed by atoms with E-state index in [9.17, 15) is 13.2 Å². The van der Waals surface area contributed by atoms with Crippen LogP contribution in [0.25, 0.3) is 0 Å². The number of nitrogens with one attached hydrogen (secondary N) is 1. The van der Waals surface area contributed by atoms with Crippen molar-refractivity contribution in [3.05, 3.63) is 0 Å². The number of hydrogen-bond donors (Lipinski definition) is 2. The minimum Gasteiger partial charge on any atom is -0.480 e. The van der Waals surface area contributed by atoms with Crippen LogP contribution in [-0.2, 0) is 14.8 Å². The van der Waals surface area contributed by atoms with Crippen molar-refractivity contribution in [2.75, 3.05) is 0 Å². The molecule has 1 saturated carbocycles. The first kappa shape index (κ1) is 15.4. The van der Waals surface area contributed by atoms with Gasteiger partial charge in [0.05, 0.1) is 5.25 Å². The van der Waals surface area contributed by atoms with Gasteiger partial charge in [0.2, 0.25) is 10.0 Å². The van der Waals surface area contributed by atoms with Crippen LogP contribution < -0.4 is 4.72 Å². The Labute approximate surface area is 109 Å². The van der Waals surface area contributed by atoms with Crippen LogP contribution in [0, 0.1) is 5.92 Å². The van der Waals surface area contributed by atoms with Crippen LogP contribution in [0.4, 0.5) is 0 Å². The molecule has 0 unspecified atom stereocenters. The molecule has 0 spiro atoms. The van der Waals surface area contributed by atoms with Crippen LogP contribution in [0.1, 0.15) is 52.4 Å². The summed E-state index contributed by atoms with van der Waals surface area (Å²) in [6, 6.07) is -1.01. The summed E-state index contributed by atoms with van der Waals surface area (Å²) in [6.45, 7) is 3.61. The highest BCUT2D eigenvalue weighted by Crippen LogP contribution is 2.24. The zero-order valence-electron chi connectivity index (χ0n) is 11.1. The molecule has 5 nitrogen and oxygen atoms in total. The predicted octanol–water partition coefficient (Wildman–Crippen LogP) is 1.74. The Hall–Kier alpha value is -0.620. The number of carboxylic acid groups (broad SMARTS) is 1. The molecule has 0 bridgehead atoms. The molecule has 0 radical (unpaired) electrons. The van der Waals surface area contributed by atoms with Gasteiger partial charge < -0.3 is 5.11 Å². The topological polar surface area (TPSA) is 83.5 Å². The first-order valence-electron chi connectivity index (χ1n) is 6.62.